The van der Waals surface area contributed by atoms with Gasteiger partial charge in [-0.1, -0.05) is 18.2 Å². The molecule has 2 heterocycles. The Morgan fingerprint density at radius 2 is 1.88 bits per heavy atom. The van der Waals surface area contributed by atoms with Crippen LogP contribution in [0.5, 0.6) is 0 Å². The van der Waals surface area contributed by atoms with Crippen LogP contribution in [-0.2, 0) is 9.53 Å². The van der Waals surface area contributed by atoms with Crippen molar-refractivity contribution >= 4 is 17.6 Å². The number of urea groups is 1. The molecule has 2 fully saturated rings. The van der Waals surface area contributed by atoms with Gasteiger partial charge < -0.3 is 20.3 Å². The molecule has 130 valence electrons. The van der Waals surface area contributed by atoms with Crippen LogP contribution in [0.2, 0.25) is 0 Å². The Hall–Kier alpha value is -2.08. The Bertz CT molecular complexity index is 550. The predicted octanol–water partition coefficient (Wildman–Crippen LogP) is 2.23. The van der Waals surface area contributed by atoms with Crippen LogP contribution in [0.4, 0.5) is 10.5 Å². The fourth-order valence-electron chi connectivity index (χ4n) is 3.23. The number of hydrogen-bond donors (Lipinski definition) is 2. The third kappa shape index (κ3) is 4.47. The van der Waals surface area contributed by atoms with E-state index in [4.69, 9.17) is 4.74 Å². The van der Waals surface area contributed by atoms with Gasteiger partial charge in [-0.25, -0.2) is 4.79 Å². The van der Waals surface area contributed by atoms with E-state index < -0.39 is 0 Å². The number of likely N-dealkylation sites (tertiary alicyclic amines) is 1. The molecule has 1 aromatic rings. The molecule has 6 heteroatoms. The fourth-order valence-corrected chi connectivity index (χ4v) is 3.23. The van der Waals surface area contributed by atoms with E-state index >= 15 is 0 Å². The molecule has 1 atom stereocenters. The maximum Gasteiger partial charge on any atom is 0.321 e. The number of nitrogens with one attached hydrogen (secondary N) is 2. The molecular formula is C18H25N3O3. The van der Waals surface area contributed by atoms with Crippen LogP contribution < -0.4 is 10.6 Å². The van der Waals surface area contributed by atoms with E-state index in [1.807, 2.05) is 30.3 Å². The normalized spacial score (nSPS) is 21.5. The third-order valence-corrected chi connectivity index (χ3v) is 4.71. The molecule has 0 aliphatic carbocycles. The highest BCUT2D eigenvalue weighted by molar-refractivity contribution is 5.89. The summed E-state index contributed by atoms with van der Waals surface area (Å²) >= 11 is 0. The number of piperidine rings is 1. The van der Waals surface area contributed by atoms with Crippen LogP contribution in [0.25, 0.3) is 0 Å². The molecule has 2 saturated heterocycles. The maximum absolute atomic E-state index is 12.2. The Balaban J connectivity index is 1.40. The number of nitrogens with zero attached hydrogens (tertiary/aromatic N) is 1. The number of benzene rings is 1. The monoisotopic (exact) mass is 331 g/mol. The van der Waals surface area contributed by atoms with E-state index in [1.165, 1.54) is 0 Å². The van der Waals surface area contributed by atoms with E-state index in [-0.39, 0.29) is 24.0 Å². The number of hydrogen-bond acceptors (Lipinski definition) is 3. The van der Waals surface area contributed by atoms with Gasteiger partial charge in [0.2, 0.25) is 5.91 Å². The van der Waals surface area contributed by atoms with Gasteiger partial charge in [-0.15, -0.1) is 0 Å². The number of para-hydroxylation sites is 1. The van der Waals surface area contributed by atoms with E-state index in [9.17, 15) is 9.59 Å². The van der Waals surface area contributed by atoms with Crippen LogP contribution in [0.1, 0.15) is 25.7 Å². The maximum atomic E-state index is 12.2. The first-order valence-corrected chi connectivity index (χ1v) is 8.72. The second-order valence-electron chi connectivity index (χ2n) is 6.44. The minimum atomic E-state index is -0.0978. The summed E-state index contributed by atoms with van der Waals surface area (Å²) in [6, 6.07) is 9.32. The van der Waals surface area contributed by atoms with Crippen molar-refractivity contribution in [3.8, 4) is 0 Å². The molecule has 0 unspecified atom stereocenters. The summed E-state index contributed by atoms with van der Waals surface area (Å²) in [5.74, 6) is 0.0841. The SMILES string of the molecule is O=C(NC[C@@H]1CCCO1)C1CCN(C(=O)Nc2ccccc2)CC1. The number of amides is 3. The van der Waals surface area contributed by atoms with Gasteiger partial charge in [0.1, 0.15) is 0 Å². The topological polar surface area (TPSA) is 70.7 Å². The molecule has 0 radical (unpaired) electrons. The second-order valence-corrected chi connectivity index (χ2v) is 6.44. The molecule has 2 aliphatic rings. The van der Waals surface area contributed by atoms with Gasteiger partial charge in [-0.05, 0) is 37.8 Å². The lowest BCUT2D eigenvalue weighted by Crippen LogP contribution is -2.45. The van der Waals surface area contributed by atoms with Crippen molar-refractivity contribution in [2.45, 2.75) is 31.8 Å². The minimum Gasteiger partial charge on any atom is -0.376 e. The van der Waals surface area contributed by atoms with Crippen LogP contribution >= 0.6 is 0 Å². The first-order chi connectivity index (χ1) is 11.7. The standard InChI is InChI=1S/C18H25N3O3/c22-17(19-13-16-7-4-12-24-16)14-8-10-21(11-9-14)18(23)20-15-5-2-1-3-6-15/h1-3,5-6,14,16H,4,7-13H2,(H,19,22)(H,20,23)/t16-/m0/s1. The zero-order chi connectivity index (χ0) is 16.8. The molecule has 2 N–H and O–H groups in total. The second kappa shape index (κ2) is 8.15. The Morgan fingerprint density at radius 3 is 2.54 bits per heavy atom. The Labute approximate surface area is 142 Å². The molecule has 0 saturated carbocycles. The fraction of sp³-hybridized carbons (Fsp3) is 0.556. The van der Waals surface area contributed by atoms with Crippen molar-refractivity contribution in [2.75, 3.05) is 31.6 Å². The quantitative estimate of drug-likeness (QED) is 0.889. The summed E-state index contributed by atoms with van der Waals surface area (Å²) < 4.78 is 5.52. The molecule has 1 aromatic carbocycles. The molecule has 0 aromatic heterocycles. The minimum absolute atomic E-state index is 0.00724. The highest BCUT2D eigenvalue weighted by atomic mass is 16.5. The van der Waals surface area contributed by atoms with Gasteiger partial charge in [-0.3, -0.25) is 4.79 Å². The van der Waals surface area contributed by atoms with Crippen molar-refractivity contribution in [3.05, 3.63) is 30.3 Å². The summed E-state index contributed by atoms with van der Waals surface area (Å²) in [5, 5.41) is 5.88. The first kappa shape index (κ1) is 16.8. The summed E-state index contributed by atoms with van der Waals surface area (Å²) in [4.78, 5) is 26.3. The molecule has 3 amide bonds. The van der Waals surface area contributed by atoms with Crippen molar-refractivity contribution in [1.29, 1.82) is 0 Å². The lowest BCUT2D eigenvalue weighted by molar-refractivity contribution is -0.126. The van der Waals surface area contributed by atoms with Crippen LogP contribution in [0, 0.1) is 5.92 Å². The smallest absolute Gasteiger partial charge is 0.321 e. The van der Waals surface area contributed by atoms with E-state index in [1.54, 1.807) is 4.90 Å². The zero-order valence-electron chi connectivity index (χ0n) is 13.9. The highest BCUT2D eigenvalue weighted by Crippen LogP contribution is 2.19. The van der Waals surface area contributed by atoms with E-state index in [0.717, 1.165) is 25.1 Å². The lowest BCUT2D eigenvalue weighted by atomic mass is 9.96. The number of ether oxygens (including phenoxy) is 1. The van der Waals surface area contributed by atoms with Crippen molar-refractivity contribution in [3.63, 3.8) is 0 Å². The molecule has 0 bridgehead atoms. The molecule has 24 heavy (non-hydrogen) atoms. The molecule has 2 aliphatic heterocycles. The number of anilines is 1. The Morgan fingerprint density at radius 1 is 1.12 bits per heavy atom. The number of carbonyl (C=O) groups is 2. The van der Waals surface area contributed by atoms with Gasteiger partial charge >= 0.3 is 6.03 Å². The first-order valence-electron chi connectivity index (χ1n) is 8.72. The van der Waals surface area contributed by atoms with Crippen LogP contribution in [-0.4, -0.2) is 49.2 Å². The molecule has 3 rings (SSSR count). The van der Waals surface area contributed by atoms with E-state index in [0.29, 0.717) is 32.5 Å². The average molecular weight is 331 g/mol. The molecular weight excluding hydrogens is 306 g/mol. The van der Waals surface area contributed by atoms with Crippen LogP contribution in [0.3, 0.4) is 0 Å². The Kier molecular flexibility index (Phi) is 5.69. The molecule has 0 spiro atoms. The lowest BCUT2D eigenvalue weighted by Gasteiger charge is -2.31. The van der Waals surface area contributed by atoms with Gasteiger partial charge in [0, 0.05) is 37.8 Å². The summed E-state index contributed by atoms with van der Waals surface area (Å²) in [5.41, 5.74) is 0.791. The highest BCUT2D eigenvalue weighted by Gasteiger charge is 2.28. The number of rotatable bonds is 4. The van der Waals surface area contributed by atoms with Crippen LogP contribution in [0.15, 0.2) is 30.3 Å². The average Bonchev–Trinajstić information content (AvgIpc) is 3.14. The summed E-state index contributed by atoms with van der Waals surface area (Å²) in [7, 11) is 0. The summed E-state index contributed by atoms with van der Waals surface area (Å²) in [6.07, 6.45) is 3.69. The van der Waals surface area contributed by atoms with Crippen molar-refractivity contribution in [1.82, 2.24) is 10.2 Å². The van der Waals surface area contributed by atoms with Gasteiger partial charge in [0.05, 0.1) is 6.10 Å². The van der Waals surface area contributed by atoms with Crippen molar-refractivity contribution in [2.24, 2.45) is 5.92 Å². The van der Waals surface area contributed by atoms with Gasteiger partial charge in [0.15, 0.2) is 0 Å². The summed E-state index contributed by atoms with van der Waals surface area (Å²) in [6.45, 7) is 2.62. The van der Waals surface area contributed by atoms with Gasteiger partial charge in [-0.2, -0.15) is 0 Å². The van der Waals surface area contributed by atoms with Crippen molar-refractivity contribution < 1.29 is 14.3 Å². The van der Waals surface area contributed by atoms with Gasteiger partial charge in [0.25, 0.3) is 0 Å². The number of carbonyl (C=O) groups excluding carboxylic acids is 2. The predicted molar refractivity (Wildman–Crippen MR) is 91.7 cm³/mol. The zero-order valence-corrected chi connectivity index (χ0v) is 13.9. The molecule has 6 nitrogen and oxygen atoms in total. The van der Waals surface area contributed by atoms with E-state index in [2.05, 4.69) is 10.6 Å². The largest absolute Gasteiger partial charge is 0.376 e. The third-order valence-electron chi connectivity index (χ3n) is 4.71.